The Hall–Kier alpha value is -2.10. The Kier molecular flexibility index (Phi) is 5.73. The maximum absolute atomic E-state index is 12.5. The molecule has 27 heavy (non-hydrogen) atoms. The van der Waals surface area contributed by atoms with E-state index in [0.717, 1.165) is 12.1 Å². The molecule has 0 amide bonds. The van der Waals surface area contributed by atoms with E-state index < -0.39 is 21.8 Å². The molecule has 0 atom stereocenters. The van der Waals surface area contributed by atoms with Gasteiger partial charge in [-0.25, -0.2) is 8.42 Å². The fraction of sp³-hybridized carbons (Fsp3) is 0.333. The van der Waals surface area contributed by atoms with Crippen molar-refractivity contribution in [1.29, 1.82) is 0 Å². The number of hydrogen-bond donors (Lipinski definition) is 0. The molecule has 0 spiro atoms. The zero-order chi connectivity index (χ0) is 19.5. The summed E-state index contributed by atoms with van der Waals surface area (Å²) in [6, 6.07) is 10.6. The van der Waals surface area contributed by atoms with E-state index in [9.17, 15) is 21.6 Å². The highest BCUT2D eigenvalue weighted by Crippen LogP contribution is 2.29. The fourth-order valence-electron chi connectivity index (χ4n) is 2.60. The van der Waals surface area contributed by atoms with E-state index in [1.165, 1.54) is 40.7 Å². The van der Waals surface area contributed by atoms with E-state index in [4.69, 9.17) is 9.47 Å². The van der Waals surface area contributed by atoms with E-state index in [2.05, 4.69) is 0 Å². The van der Waals surface area contributed by atoms with Gasteiger partial charge >= 0.3 is 6.18 Å². The average Bonchev–Trinajstić information content (AvgIpc) is 2.67. The molecule has 0 radical (unpaired) electrons. The van der Waals surface area contributed by atoms with Crippen LogP contribution in [0.15, 0.2) is 53.4 Å². The standard InChI is InChI=1S/C18H18F3NO4S/c19-18(20,21)15-3-1-14(2-4-15)13-26-16-5-7-17(8-6-16)27(23,24)22-9-11-25-12-10-22/h1-8H,9-13H2. The van der Waals surface area contributed by atoms with Gasteiger partial charge in [0.1, 0.15) is 12.4 Å². The largest absolute Gasteiger partial charge is 0.489 e. The molecule has 9 heteroatoms. The Morgan fingerprint density at radius 3 is 2.11 bits per heavy atom. The number of benzene rings is 2. The highest BCUT2D eigenvalue weighted by atomic mass is 32.2. The molecule has 0 aromatic heterocycles. The number of morpholine rings is 1. The molecule has 0 N–H and O–H groups in total. The van der Waals surface area contributed by atoms with E-state index in [1.54, 1.807) is 0 Å². The number of rotatable bonds is 5. The number of nitrogens with zero attached hydrogens (tertiary/aromatic N) is 1. The van der Waals surface area contributed by atoms with Crippen LogP contribution in [-0.2, 0) is 27.5 Å². The minimum absolute atomic E-state index is 0.0771. The normalized spacial score (nSPS) is 16.3. The summed E-state index contributed by atoms with van der Waals surface area (Å²) in [5.41, 5.74) is -0.142. The molecule has 146 valence electrons. The van der Waals surface area contributed by atoms with Gasteiger partial charge in [0.15, 0.2) is 0 Å². The van der Waals surface area contributed by atoms with Crippen molar-refractivity contribution < 1.29 is 31.1 Å². The van der Waals surface area contributed by atoms with E-state index >= 15 is 0 Å². The zero-order valence-electron chi connectivity index (χ0n) is 14.3. The van der Waals surface area contributed by atoms with Crippen LogP contribution in [0.4, 0.5) is 13.2 Å². The van der Waals surface area contributed by atoms with Crippen molar-refractivity contribution in [1.82, 2.24) is 4.31 Å². The Morgan fingerprint density at radius 1 is 0.963 bits per heavy atom. The third-order valence-corrected chi connectivity index (χ3v) is 6.03. The molecule has 1 heterocycles. The molecule has 1 saturated heterocycles. The van der Waals surface area contributed by atoms with Crippen LogP contribution in [0.25, 0.3) is 0 Å². The van der Waals surface area contributed by atoms with Gasteiger partial charge in [-0.3, -0.25) is 0 Å². The van der Waals surface area contributed by atoms with Crippen molar-refractivity contribution in [2.45, 2.75) is 17.7 Å². The second-order valence-electron chi connectivity index (χ2n) is 5.97. The second kappa shape index (κ2) is 7.87. The third kappa shape index (κ3) is 4.79. The van der Waals surface area contributed by atoms with Crippen LogP contribution in [-0.4, -0.2) is 39.0 Å². The molecule has 1 aliphatic rings. The number of alkyl halides is 3. The van der Waals surface area contributed by atoms with Crippen LogP contribution < -0.4 is 4.74 Å². The summed E-state index contributed by atoms with van der Waals surface area (Å²) in [6.45, 7) is 1.44. The van der Waals surface area contributed by atoms with Crippen LogP contribution in [0, 0.1) is 0 Å². The van der Waals surface area contributed by atoms with Gasteiger partial charge in [0.05, 0.1) is 23.7 Å². The summed E-state index contributed by atoms with van der Waals surface area (Å²) in [6.07, 6.45) is -4.37. The van der Waals surface area contributed by atoms with E-state index in [-0.39, 0.29) is 11.5 Å². The number of hydrogen-bond acceptors (Lipinski definition) is 4. The van der Waals surface area contributed by atoms with Gasteiger partial charge in [-0.1, -0.05) is 12.1 Å². The summed E-state index contributed by atoms with van der Waals surface area (Å²) < 4.78 is 74.8. The van der Waals surface area contributed by atoms with Gasteiger partial charge in [0.25, 0.3) is 0 Å². The molecule has 0 saturated carbocycles. The average molecular weight is 401 g/mol. The number of sulfonamides is 1. The summed E-state index contributed by atoms with van der Waals surface area (Å²) in [4.78, 5) is 0.159. The lowest BCUT2D eigenvalue weighted by Gasteiger charge is -2.26. The molecule has 0 bridgehead atoms. The molecule has 5 nitrogen and oxygen atoms in total. The van der Waals surface area contributed by atoms with Crippen LogP contribution >= 0.6 is 0 Å². The Morgan fingerprint density at radius 2 is 1.56 bits per heavy atom. The maximum atomic E-state index is 12.5. The molecule has 3 rings (SSSR count). The van der Waals surface area contributed by atoms with Gasteiger partial charge in [0, 0.05) is 13.1 Å². The number of ether oxygens (including phenoxy) is 2. The van der Waals surface area contributed by atoms with Crippen molar-refractivity contribution in [3.63, 3.8) is 0 Å². The maximum Gasteiger partial charge on any atom is 0.416 e. The highest BCUT2D eigenvalue weighted by Gasteiger charge is 2.30. The zero-order valence-corrected chi connectivity index (χ0v) is 15.1. The second-order valence-corrected chi connectivity index (χ2v) is 7.91. The predicted molar refractivity (Wildman–Crippen MR) is 91.8 cm³/mol. The highest BCUT2D eigenvalue weighted by molar-refractivity contribution is 7.89. The van der Waals surface area contributed by atoms with Crippen LogP contribution in [0.2, 0.25) is 0 Å². The van der Waals surface area contributed by atoms with Crippen LogP contribution in [0.3, 0.4) is 0 Å². The first kappa shape index (κ1) is 19.7. The minimum atomic E-state index is -4.37. The monoisotopic (exact) mass is 401 g/mol. The van der Waals surface area contributed by atoms with Gasteiger partial charge in [-0.2, -0.15) is 17.5 Å². The van der Waals surface area contributed by atoms with Gasteiger partial charge < -0.3 is 9.47 Å². The third-order valence-electron chi connectivity index (χ3n) is 4.12. The minimum Gasteiger partial charge on any atom is -0.489 e. The summed E-state index contributed by atoms with van der Waals surface area (Å²) in [5.74, 6) is 0.427. The molecular formula is C18H18F3NO4S. The van der Waals surface area contributed by atoms with Gasteiger partial charge in [-0.15, -0.1) is 0 Å². The lowest BCUT2D eigenvalue weighted by molar-refractivity contribution is -0.137. The summed E-state index contributed by atoms with van der Waals surface area (Å²) in [5, 5.41) is 0. The van der Waals surface area contributed by atoms with E-state index in [0.29, 0.717) is 37.6 Å². The molecule has 2 aromatic carbocycles. The topological polar surface area (TPSA) is 55.8 Å². The van der Waals surface area contributed by atoms with Crippen LogP contribution in [0.5, 0.6) is 5.75 Å². The first-order valence-corrected chi connectivity index (χ1v) is 9.68. The van der Waals surface area contributed by atoms with Crippen molar-refractivity contribution in [2.75, 3.05) is 26.3 Å². The molecule has 1 aliphatic heterocycles. The summed E-state index contributed by atoms with van der Waals surface area (Å²) >= 11 is 0. The SMILES string of the molecule is O=S(=O)(c1ccc(OCc2ccc(C(F)(F)F)cc2)cc1)N1CCOCC1. The first-order chi connectivity index (χ1) is 12.8. The van der Waals surface area contributed by atoms with Crippen molar-refractivity contribution in [3.05, 3.63) is 59.7 Å². The Bertz CT molecular complexity index is 859. The molecule has 0 unspecified atom stereocenters. The van der Waals surface area contributed by atoms with Crippen molar-refractivity contribution in [3.8, 4) is 5.75 Å². The smallest absolute Gasteiger partial charge is 0.416 e. The van der Waals surface area contributed by atoms with Crippen molar-refractivity contribution in [2.24, 2.45) is 0 Å². The molecule has 0 aliphatic carbocycles. The van der Waals surface area contributed by atoms with Gasteiger partial charge in [0.2, 0.25) is 10.0 Å². The molecular weight excluding hydrogens is 383 g/mol. The first-order valence-electron chi connectivity index (χ1n) is 8.24. The molecule has 2 aromatic rings. The van der Waals surface area contributed by atoms with Crippen molar-refractivity contribution >= 4 is 10.0 Å². The Labute approximate surface area is 155 Å². The number of halogens is 3. The Balaban J connectivity index is 1.62. The quantitative estimate of drug-likeness (QED) is 0.772. The lowest BCUT2D eigenvalue weighted by atomic mass is 10.1. The predicted octanol–water partition coefficient (Wildman–Crippen LogP) is 3.31. The van der Waals surface area contributed by atoms with Gasteiger partial charge in [-0.05, 0) is 42.0 Å². The molecule has 1 fully saturated rings. The van der Waals surface area contributed by atoms with E-state index in [1.807, 2.05) is 0 Å². The fourth-order valence-corrected chi connectivity index (χ4v) is 4.01. The summed E-state index contributed by atoms with van der Waals surface area (Å²) in [7, 11) is -3.57. The lowest BCUT2D eigenvalue weighted by Crippen LogP contribution is -2.40. The van der Waals surface area contributed by atoms with Crippen LogP contribution in [0.1, 0.15) is 11.1 Å².